The standard InChI is InChI=1S/C12H15N3S/c1-9-8-15(7-6-13-9)12-10-4-2-3-5-11(10)14-16-12/h2-5,9,13H,6-8H2,1H3/t9-/m1/s1. The zero-order valence-electron chi connectivity index (χ0n) is 9.31. The summed E-state index contributed by atoms with van der Waals surface area (Å²) in [6.45, 7) is 5.45. The largest absolute Gasteiger partial charge is 0.359 e. The van der Waals surface area contributed by atoms with Gasteiger partial charge in [0.05, 0.1) is 5.52 Å². The van der Waals surface area contributed by atoms with E-state index in [9.17, 15) is 0 Å². The average molecular weight is 233 g/mol. The van der Waals surface area contributed by atoms with E-state index in [1.807, 2.05) is 6.07 Å². The lowest BCUT2D eigenvalue weighted by molar-refractivity contribution is 0.487. The lowest BCUT2D eigenvalue weighted by Crippen LogP contribution is -2.49. The number of fused-ring (bicyclic) bond motifs is 1. The minimum atomic E-state index is 0.564. The molecule has 4 heteroatoms. The topological polar surface area (TPSA) is 28.2 Å². The van der Waals surface area contributed by atoms with Gasteiger partial charge in [0.15, 0.2) is 0 Å². The highest BCUT2D eigenvalue weighted by Gasteiger charge is 2.19. The molecule has 84 valence electrons. The zero-order chi connectivity index (χ0) is 11.0. The molecular weight excluding hydrogens is 218 g/mol. The number of rotatable bonds is 1. The summed E-state index contributed by atoms with van der Waals surface area (Å²) in [7, 11) is 0. The maximum absolute atomic E-state index is 4.50. The number of nitrogens with one attached hydrogen (secondary N) is 1. The molecule has 16 heavy (non-hydrogen) atoms. The van der Waals surface area contributed by atoms with Crippen molar-refractivity contribution in [2.24, 2.45) is 0 Å². The highest BCUT2D eigenvalue weighted by molar-refractivity contribution is 7.11. The van der Waals surface area contributed by atoms with Gasteiger partial charge in [0.2, 0.25) is 0 Å². The van der Waals surface area contributed by atoms with Crippen LogP contribution in [-0.4, -0.2) is 30.0 Å². The first kappa shape index (κ1) is 10.1. The van der Waals surface area contributed by atoms with Gasteiger partial charge in [0.25, 0.3) is 0 Å². The smallest absolute Gasteiger partial charge is 0.120 e. The first-order valence-corrected chi connectivity index (χ1v) is 6.44. The molecule has 1 aliphatic heterocycles. The number of anilines is 1. The van der Waals surface area contributed by atoms with E-state index in [1.54, 1.807) is 11.5 Å². The summed E-state index contributed by atoms with van der Waals surface area (Å²) in [4.78, 5) is 2.45. The van der Waals surface area contributed by atoms with Gasteiger partial charge in [0.1, 0.15) is 5.00 Å². The SMILES string of the molecule is C[C@@H]1CN(c2snc3ccccc23)CCN1. The number of aromatic nitrogens is 1. The zero-order valence-corrected chi connectivity index (χ0v) is 10.1. The van der Waals surface area contributed by atoms with Crippen LogP contribution in [0.1, 0.15) is 6.92 Å². The second-order valence-corrected chi connectivity index (χ2v) is 5.06. The van der Waals surface area contributed by atoms with Crippen LogP contribution in [0.4, 0.5) is 5.00 Å². The third-order valence-corrected chi connectivity index (χ3v) is 3.96. The molecule has 3 rings (SSSR count). The molecule has 2 heterocycles. The second kappa shape index (κ2) is 4.03. The molecule has 2 aromatic rings. The Bertz CT molecular complexity index is 494. The number of hydrogen-bond donors (Lipinski definition) is 1. The van der Waals surface area contributed by atoms with E-state index in [2.05, 4.69) is 39.7 Å². The van der Waals surface area contributed by atoms with Gasteiger partial charge in [-0.3, -0.25) is 0 Å². The van der Waals surface area contributed by atoms with Crippen LogP contribution in [0.3, 0.4) is 0 Å². The van der Waals surface area contributed by atoms with E-state index < -0.39 is 0 Å². The minimum Gasteiger partial charge on any atom is -0.359 e. The summed E-state index contributed by atoms with van der Waals surface area (Å²) in [5.74, 6) is 0. The number of nitrogens with zero attached hydrogens (tertiary/aromatic N) is 2. The van der Waals surface area contributed by atoms with Crippen LogP contribution in [-0.2, 0) is 0 Å². The summed E-state index contributed by atoms with van der Waals surface area (Å²) < 4.78 is 4.50. The van der Waals surface area contributed by atoms with Crippen LogP contribution in [0, 0.1) is 0 Å². The maximum Gasteiger partial charge on any atom is 0.120 e. The molecule has 0 bridgehead atoms. The summed E-state index contributed by atoms with van der Waals surface area (Å²) in [5.41, 5.74) is 1.12. The molecule has 0 radical (unpaired) electrons. The van der Waals surface area contributed by atoms with Crippen molar-refractivity contribution in [2.45, 2.75) is 13.0 Å². The minimum absolute atomic E-state index is 0.564. The molecular formula is C12H15N3S. The highest BCUT2D eigenvalue weighted by Crippen LogP contribution is 2.31. The van der Waals surface area contributed by atoms with Crippen LogP contribution in [0.15, 0.2) is 24.3 Å². The highest BCUT2D eigenvalue weighted by atomic mass is 32.1. The first-order chi connectivity index (χ1) is 7.84. The lowest BCUT2D eigenvalue weighted by atomic mass is 10.2. The lowest BCUT2D eigenvalue weighted by Gasteiger charge is -2.32. The Morgan fingerprint density at radius 1 is 1.44 bits per heavy atom. The summed E-state index contributed by atoms with van der Waals surface area (Å²) in [6, 6.07) is 8.95. The molecule has 1 aliphatic rings. The molecule has 0 unspecified atom stereocenters. The normalized spacial score (nSPS) is 21.6. The molecule has 1 N–H and O–H groups in total. The fraction of sp³-hybridized carbons (Fsp3) is 0.417. The van der Waals surface area contributed by atoms with Gasteiger partial charge < -0.3 is 10.2 Å². The van der Waals surface area contributed by atoms with Crippen molar-refractivity contribution in [3.8, 4) is 0 Å². The van der Waals surface area contributed by atoms with Crippen molar-refractivity contribution in [1.29, 1.82) is 0 Å². The van der Waals surface area contributed by atoms with Gasteiger partial charge in [-0.05, 0) is 30.6 Å². The average Bonchev–Trinajstić information content (AvgIpc) is 2.72. The number of piperazine rings is 1. The van der Waals surface area contributed by atoms with E-state index in [4.69, 9.17) is 0 Å². The Morgan fingerprint density at radius 3 is 3.19 bits per heavy atom. The van der Waals surface area contributed by atoms with Gasteiger partial charge >= 0.3 is 0 Å². The summed E-state index contributed by atoms with van der Waals surface area (Å²) in [6.07, 6.45) is 0. The predicted octanol–water partition coefficient (Wildman–Crippen LogP) is 2.09. The maximum atomic E-state index is 4.50. The van der Waals surface area contributed by atoms with E-state index in [-0.39, 0.29) is 0 Å². The van der Waals surface area contributed by atoms with Crippen molar-refractivity contribution in [2.75, 3.05) is 24.5 Å². The van der Waals surface area contributed by atoms with Gasteiger partial charge in [-0.15, -0.1) is 0 Å². The molecule has 0 aliphatic carbocycles. The van der Waals surface area contributed by atoms with E-state index in [0.717, 1.165) is 25.2 Å². The van der Waals surface area contributed by atoms with E-state index in [0.29, 0.717) is 6.04 Å². The third-order valence-electron chi connectivity index (χ3n) is 3.02. The second-order valence-electron chi connectivity index (χ2n) is 4.31. The molecule has 0 saturated carbocycles. The fourth-order valence-electron chi connectivity index (χ4n) is 2.22. The van der Waals surface area contributed by atoms with Crippen molar-refractivity contribution >= 4 is 27.4 Å². The van der Waals surface area contributed by atoms with Crippen molar-refractivity contribution in [3.63, 3.8) is 0 Å². The van der Waals surface area contributed by atoms with Crippen LogP contribution < -0.4 is 10.2 Å². The van der Waals surface area contributed by atoms with Gasteiger partial charge in [-0.2, -0.15) is 4.37 Å². The summed E-state index contributed by atoms with van der Waals surface area (Å²) in [5, 5.41) is 6.08. The van der Waals surface area contributed by atoms with Crippen LogP contribution in [0.5, 0.6) is 0 Å². The molecule has 1 aromatic carbocycles. The van der Waals surface area contributed by atoms with Crippen molar-refractivity contribution in [3.05, 3.63) is 24.3 Å². The van der Waals surface area contributed by atoms with Crippen LogP contribution in [0.2, 0.25) is 0 Å². The molecule has 3 nitrogen and oxygen atoms in total. The quantitative estimate of drug-likeness (QED) is 0.817. The first-order valence-electron chi connectivity index (χ1n) is 5.67. The van der Waals surface area contributed by atoms with Crippen molar-refractivity contribution in [1.82, 2.24) is 9.69 Å². The monoisotopic (exact) mass is 233 g/mol. The Hall–Kier alpha value is -1.13. The molecule has 0 spiro atoms. The van der Waals surface area contributed by atoms with Gasteiger partial charge in [-0.25, -0.2) is 0 Å². The van der Waals surface area contributed by atoms with E-state index >= 15 is 0 Å². The number of hydrogen-bond acceptors (Lipinski definition) is 4. The molecule has 1 fully saturated rings. The Balaban J connectivity index is 1.99. The Labute approximate surface area is 99.2 Å². The molecule has 1 atom stereocenters. The van der Waals surface area contributed by atoms with Gasteiger partial charge in [0, 0.05) is 31.1 Å². The molecule has 1 aromatic heterocycles. The fourth-order valence-corrected chi connectivity index (χ4v) is 3.12. The molecule has 1 saturated heterocycles. The molecule has 0 amide bonds. The van der Waals surface area contributed by atoms with Gasteiger partial charge in [-0.1, -0.05) is 12.1 Å². The predicted molar refractivity (Wildman–Crippen MR) is 69.3 cm³/mol. The van der Waals surface area contributed by atoms with Crippen molar-refractivity contribution < 1.29 is 0 Å². The van der Waals surface area contributed by atoms with E-state index in [1.165, 1.54) is 10.4 Å². The number of benzene rings is 1. The third kappa shape index (κ3) is 1.68. The van der Waals surface area contributed by atoms with Crippen LogP contribution in [0.25, 0.3) is 10.9 Å². The Kier molecular flexibility index (Phi) is 2.53. The Morgan fingerprint density at radius 2 is 2.31 bits per heavy atom. The van der Waals surface area contributed by atoms with Crippen LogP contribution >= 0.6 is 11.5 Å². The summed E-state index contributed by atoms with van der Waals surface area (Å²) >= 11 is 1.62.